The fourth-order valence-corrected chi connectivity index (χ4v) is 3.18. The van der Waals surface area contributed by atoms with Crippen LogP contribution in [0.15, 0.2) is 0 Å². The predicted molar refractivity (Wildman–Crippen MR) is 121 cm³/mol. The van der Waals surface area contributed by atoms with Gasteiger partial charge in [-0.25, -0.2) is 9.59 Å². The molecule has 0 aromatic carbocycles. The third-order valence-electron chi connectivity index (χ3n) is 5.16. The van der Waals surface area contributed by atoms with Crippen molar-refractivity contribution in [2.45, 2.75) is 68.2 Å². The molecule has 0 aliphatic carbocycles. The third-order valence-corrected chi connectivity index (χ3v) is 5.16. The zero-order chi connectivity index (χ0) is 23.8. The lowest BCUT2D eigenvalue weighted by Gasteiger charge is -2.22. The van der Waals surface area contributed by atoms with Crippen molar-refractivity contribution in [3.8, 4) is 0 Å². The van der Waals surface area contributed by atoms with Crippen molar-refractivity contribution in [1.29, 1.82) is 0 Å². The molecule has 0 heterocycles. The Morgan fingerprint density at radius 2 is 0.903 bits per heavy atom. The maximum Gasteiger partial charge on any atom is 0.508 e. The van der Waals surface area contributed by atoms with Crippen LogP contribution < -0.4 is 0 Å². The molecule has 0 aliphatic rings. The molecule has 0 saturated heterocycles. The van der Waals surface area contributed by atoms with Crippen molar-refractivity contribution in [1.82, 2.24) is 0 Å². The van der Waals surface area contributed by atoms with Crippen molar-refractivity contribution >= 4 is 12.3 Å². The first-order valence-electron chi connectivity index (χ1n) is 11.7. The Morgan fingerprint density at radius 3 is 1.19 bits per heavy atom. The number of carbonyl (C=O) groups excluding carboxylic acids is 2. The number of hydrogen-bond donors (Lipinski definition) is 0. The number of ether oxygens (including phenoxy) is 5. The van der Waals surface area contributed by atoms with Gasteiger partial charge in [0, 0.05) is 0 Å². The van der Waals surface area contributed by atoms with Crippen LogP contribution in [-0.2, 0) is 23.7 Å². The molecule has 0 aromatic heterocycles. The van der Waals surface area contributed by atoms with E-state index in [1.54, 1.807) is 0 Å². The Morgan fingerprint density at radius 1 is 0.548 bits per heavy atom. The number of carbonyl (C=O) groups is 2. The molecule has 0 spiro atoms. The van der Waals surface area contributed by atoms with E-state index in [9.17, 15) is 9.59 Å². The van der Waals surface area contributed by atoms with Crippen molar-refractivity contribution in [3.05, 3.63) is 0 Å². The Balaban J connectivity index is 3.79. The van der Waals surface area contributed by atoms with Gasteiger partial charge in [0.25, 0.3) is 0 Å². The summed E-state index contributed by atoms with van der Waals surface area (Å²) < 4.78 is 25.7. The molecule has 2 atom stereocenters. The first kappa shape index (κ1) is 29.5. The van der Waals surface area contributed by atoms with Crippen molar-refractivity contribution in [2.24, 2.45) is 35.5 Å². The van der Waals surface area contributed by atoms with Gasteiger partial charge in [0.15, 0.2) is 0 Å². The van der Waals surface area contributed by atoms with Gasteiger partial charge in [-0.15, -0.1) is 0 Å². The normalized spacial score (nSPS) is 13.5. The lowest BCUT2D eigenvalue weighted by atomic mass is 9.88. The second-order valence-electron chi connectivity index (χ2n) is 9.70. The molecular formula is C24H46O7. The summed E-state index contributed by atoms with van der Waals surface area (Å²) in [6.45, 7) is 18.4. The van der Waals surface area contributed by atoms with Crippen LogP contribution in [-0.4, -0.2) is 52.0 Å². The highest BCUT2D eigenvalue weighted by molar-refractivity contribution is 5.60. The number of rotatable bonds is 16. The fourth-order valence-electron chi connectivity index (χ4n) is 3.18. The van der Waals surface area contributed by atoms with Gasteiger partial charge in [0.1, 0.15) is 13.2 Å². The van der Waals surface area contributed by atoms with Gasteiger partial charge in [-0.3, -0.25) is 0 Å². The van der Waals surface area contributed by atoms with Crippen LogP contribution >= 0.6 is 0 Å². The molecule has 0 bridgehead atoms. The van der Waals surface area contributed by atoms with Crippen LogP contribution in [0.5, 0.6) is 0 Å². The highest BCUT2D eigenvalue weighted by Gasteiger charge is 2.19. The second-order valence-corrected chi connectivity index (χ2v) is 9.70. The highest BCUT2D eigenvalue weighted by Crippen LogP contribution is 2.21. The van der Waals surface area contributed by atoms with E-state index in [2.05, 4.69) is 55.4 Å². The monoisotopic (exact) mass is 446 g/mol. The maximum atomic E-state index is 11.7. The Kier molecular flexibility index (Phi) is 16.3. The van der Waals surface area contributed by atoms with Crippen molar-refractivity contribution in [3.63, 3.8) is 0 Å². The molecule has 0 aromatic rings. The number of hydrogen-bond acceptors (Lipinski definition) is 7. The first-order valence-corrected chi connectivity index (χ1v) is 11.7. The Hall–Kier alpha value is -1.50. The second kappa shape index (κ2) is 17.1. The maximum absolute atomic E-state index is 11.7. The smallest absolute Gasteiger partial charge is 0.434 e. The molecule has 0 radical (unpaired) electrons. The summed E-state index contributed by atoms with van der Waals surface area (Å²) in [6, 6.07) is 0. The first-order chi connectivity index (χ1) is 14.5. The van der Waals surface area contributed by atoms with Crippen molar-refractivity contribution < 1.29 is 33.3 Å². The average Bonchev–Trinajstić information content (AvgIpc) is 2.66. The molecule has 7 nitrogen and oxygen atoms in total. The Labute approximate surface area is 189 Å². The van der Waals surface area contributed by atoms with Gasteiger partial charge < -0.3 is 23.7 Å². The molecule has 0 saturated carbocycles. The van der Waals surface area contributed by atoms with Crippen LogP contribution in [0.3, 0.4) is 0 Å². The summed E-state index contributed by atoms with van der Waals surface area (Å²) in [5, 5.41) is 0. The van der Waals surface area contributed by atoms with E-state index in [4.69, 9.17) is 23.7 Å². The topological polar surface area (TPSA) is 80.3 Å². The van der Waals surface area contributed by atoms with Gasteiger partial charge in [-0.1, -0.05) is 55.4 Å². The van der Waals surface area contributed by atoms with E-state index in [1.165, 1.54) is 0 Å². The quantitative estimate of drug-likeness (QED) is 0.214. The standard InChI is InChI=1S/C24H46O7/c1-17(2)13-21(19(5)6)15-30-23(25)28-11-9-27-10-12-29-24(26)31-16-22(20(7)8)14-18(3)4/h17-22H,9-16H2,1-8H3. The Bertz CT molecular complexity index is 433. The van der Waals surface area contributed by atoms with Gasteiger partial charge in [-0.2, -0.15) is 0 Å². The fraction of sp³-hybridized carbons (Fsp3) is 0.917. The zero-order valence-electron chi connectivity index (χ0n) is 21.0. The van der Waals surface area contributed by atoms with E-state index in [1.807, 2.05) is 0 Å². The van der Waals surface area contributed by atoms with Crippen LogP contribution in [0.2, 0.25) is 0 Å². The average molecular weight is 447 g/mol. The van der Waals surface area contributed by atoms with Gasteiger partial charge >= 0.3 is 12.3 Å². The summed E-state index contributed by atoms with van der Waals surface area (Å²) in [6.07, 6.45) is 0.650. The molecule has 0 amide bonds. The lowest BCUT2D eigenvalue weighted by Crippen LogP contribution is -2.22. The molecule has 0 aliphatic heterocycles. The SMILES string of the molecule is CC(C)CC(COC(=O)OCCOCCOC(=O)OCC(CC(C)C)C(C)C)C(C)C. The summed E-state index contributed by atoms with van der Waals surface area (Å²) in [5.41, 5.74) is 0. The molecule has 7 heteroatoms. The molecule has 0 rings (SSSR count). The van der Waals surface area contributed by atoms with Crippen molar-refractivity contribution in [2.75, 3.05) is 39.6 Å². The lowest BCUT2D eigenvalue weighted by molar-refractivity contribution is -0.00290. The zero-order valence-corrected chi connectivity index (χ0v) is 21.0. The summed E-state index contributed by atoms with van der Waals surface area (Å²) in [5.74, 6) is 2.63. The minimum atomic E-state index is -0.682. The van der Waals surface area contributed by atoms with E-state index in [-0.39, 0.29) is 26.4 Å². The third kappa shape index (κ3) is 16.8. The largest absolute Gasteiger partial charge is 0.508 e. The van der Waals surface area contributed by atoms with Crippen LogP contribution in [0.4, 0.5) is 9.59 Å². The predicted octanol–water partition coefficient (Wildman–Crippen LogP) is 5.95. The molecule has 2 unspecified atom stereocenters. The molecule has 0 fully saturated rings. The van der Waals surface area contributed by atoms with E-state index < -0.39 is 12.3 Å². The van der Waals surface area contributed by atoms with E-state index in [0.717, 1.165) is 12.8 Å². The molecular weight excluding hydrogens is 400 g/mol. The highest BCUT2D eigenvalue weighted by atomic mass is 16.7. The minimum Gasteiger partial charge on any atom is -0.434 e. The molecule has 0 N–H and O–H groups in total. The summed E-state index contributed by atoms with van der Waals surface area (Å²) >= 11 is 0. The minimum absolute atomic E-state index is 0.0884. The molecule has 31 heavy (non-hydrogen) atoms. The van der Waals surface area contributed by atoms with E-state index in [0.29, 0.717) is 48.7 Å². The van der Waals surface area contributed by atoms with Crippen LogP contribution in [0.1, 0.15) is 68.2 Å². The summed E-state index contributed by atoms with van der Waals surface area (Å²) in [4.78, 5) is 23.4. The summed E-state index contributed by atoms with van der Waals surface area (Å²) in [7, 11) is 0. The molecule has 184 valence electrons. The van der Waals surface area contributed by atoms with Gasteiger partial charge in [0.2, 0.25) is 0 Å². The van der Waals surface area contributed by atoms with Gasteiger partial charge in [0.05, 0.1) is 26.4 Å². The van der Waals surface area contributed by atoms with E-state index >= 15 is 0 Å². The van der Waals surface area contributed by atoms with Crippen LogP contribution in [0, 0.1) is 35.5 Å². The van der Waals surface area contributed by atoms with Crippen LogP contribution in [0.25, 0.3) is 0 Å². The van der Waals surface area contributed by atoms with Gasteiger partial charge in [-0.05, 0) is 48.3 Å².